The summed E-state index contributed by atoms with van der Waals surface area (Å²) in [5.74, 6) is 0. The zero-order chi connectivity index (χ0) is 56.4. The molecule has 0 amide bonds. The third-order valence-corrected chi connectivity index (χ3v) is 12.8. The Labute approximate surface area is 542 Å². The Morgan fingerprint density at radius 1 is 0.247 bits per heavy atom. The molecule has 8 heteroatoms. The van der Waals surface area contributed by atoms with Crippen LogP contribution in [0.3, 0.4) is 0 Å². The second kappa shape index (κ2) is 34.9. The molecule has 0 unspecified atom stereocenters. The van der Waals surface area contributed by atoms with Gasteiger partial charge in [-0.05, 0) is 80.9 Å². The number of hydrogen-bond donors (Lipinski definition) is 0. The SMILES string of the molecule is CC(C)(C)c1ccnc(-c2[c-]ccc(-c3ccccc3)c2)c1.[Ir].[Ir].[Ir].[c-]1cc(-c2ccccc2)ccc1-c1ccccn1.[c-]1ccc(-c2ccccc2)cc1-c1ccccn1.[c-]1ccccc1-c1ccccn1.[c-]1ccccc1-c1ccccn1. The van der Waals surface area contributed by atoms with E-state index in [1.165, 1.54) is 38.9 Å². The van der Waals surface area contributed by atoms with E-state index < -0.39 is 0 Å². The summed E-state index contributed by atoms with van der Waals surface area (Å²) in [6, 6.07) is 109. The first kappa shape index (κ1) is 65.6. The van der Waals surface area contributed by atoms with Crippen molar-refractivity contribution in [3.8, 4) is 89.7 Å². The van der Waals surface area contributed by atoms with Crippen LogP contribution in [0.1, 0.15) is 26.3 Å². The maximum atomic E-state index is 4.53. The Kier molecular flexibility index (Phi) is 27.0. The van der Waals surface area contributed by atoms with Crippen LogP contribution in [0.2, 0.25) is 0 Å². The van der Waals surface area contributed by atoms with Crippen molar-refractivity contribution in [2.75, 3.05) is 0 Å². The first-order valence-electron chi connectivity index (χ1n) is 27.1. The molecule has 0 aliphatic carbocycles. The van der Waals surface area contributed by atoms with Gasteiger partial charge in [-0.3, -0.25) is 0 Å². The zero-order valence-corrected chi connectivity index (χ0v) is 54.4. The molecule has 13 aromatic rings. The van der Waals surface area contributed by atoms with Crippen molar-refractivity contribution in [3.05, 3.63) is 346 Å². The normalized spacial score (nSPS) is 10.0. The van der Waals surface area contributed by atoms with Crippen molar-refractivity contribution in [2.45, 2.75) is 26.2 Å². The van der Waals surface area contributed by atoms with E-state index in [0.29, 0.717) is 0 Å². The van der Waals surface area contributed by atoms with E-state index in [4.69, 9.17) is 0 Å². The number of aromatic nitrogens is 5. The minimum atomic E-state index is 0. The van der Waals surface area contributed by atoms with Gasteiger partial charge < -0.3 is 24.9 Å². The van der Waals surface area contributed by atoms with E-state index in [1.807, 2.05) is 188 Å². The summed E-state index contributed by atoms with van der Waals surface area (Å²) in [4.78, 5) is 21.6. The van der Waals surface area contributed by atoms with Gasteiger partial charge in [0.1, 0.15) is 0 Å². The van der Waals surface area contributed by atoms with Gasteiger partial charge in [0.25, 0.3) is 0 Å². The summed E-state index contributed by atoms with van der Waals surface area (Å²) in [5.41, 5.74) is 18.6. The predicted molar refractivity (Wildman–Crippen MR) is 338 cm³/mol. The molecule has 0 spiro atoms. The molecule has 8 aromatic carbocycles. The van der Waals surface area contributed by atoms with E-state index in [9.17, 15) is 0 Å². The fourth-order valence-corrected chi connectivity index (χ4v) is 8.48. The van der Waals surface area contributed by atoms with Crippen LogP contribution in [0.15, 0.2) is 310 Å². The second-order valence-corrected chi connectivity index (χ2v) is 19.7. The quantitative estimate of drug-likeness (QED) is 0.142. The van der Waals surface area contributed by atoms with Gasteiger partial charge in [0, 0.05) is 91.3 Å². The van der Waals surface area contributed by atoms with Gasteiger partial charge >= 0.3 is 0 Å². The predicted octanol–water partition coefficient (Wildman–Crippen LogP) is 19.0. The van der Waals surface area contributed by atoms with Crippen LogP contribution >= 0.6 is 0 Å². The van der Waals surface area contributed by atoms with Crippen molar-refractivity contribution in [1.82, 2.24) is 24.9 Å². The zero-order valence-electron chi connectivity index (χ0n) is 47.2. The number of rotatable bonds is 8. The molecule has 3 radical (unpaired) electrons. The number of benzene rings is 8. The molecule has 0 saturated heterocycles. The molecule has 0 aliphatic rings. The molecule has 425 valence electrons. The molecule has 0 atom stereocenters. The fourth-order valence-electron chi connectivity index (χ4n) is 8.48. The average molecular weight is 1630 g/mol. The van der Waals surface area contributed by atoms with Crippen LogP contribution in [0.4, 0.5) is 0 Å². The summed E-state index contributed by atoms with van der Waals surface area (Å²) >= 11 is 0. The van der Waals surface area contributed by atoms with E-state index in [0.717, 1.165) is 56.3 Å². The number of hydrogen-bond acceptors (Lipinski definition) is 5. The Hall–Kier alpha value is -8.54. The van der Waals surface area contributed by atoms with E-state index in [2.05, 4.69) is 173 Å². The van der Waals surface area contributed by atoms with Gasteiger partial charge in [-0.1, -0.05) is 177 Å². The molecule has 0 saturated carbocycles. The molecular formula is C77H60Ir3N5-5. The minimum absolute atomic E-state index is 0. The molecule has 5 heterocycles. The summed E-state index contributed by atoms with van der Waals surface area (Å²) in [6.07, 6.45) is 9.07. The second-order valence-electron chi connectivity index (χ2n) is 19.7. The molecule has 13 rings (SSSR count). The Morgan fingerprint density at radius 3 is 0.965 bits per heavy atom. The molecule has 5 aromatic heterocycles. The third-order valence-electron chi connectivity index (χ3n) is 12.8. The van der Waals surface area contributed by atoms with Crippen LogP contribution < -0.4 is 0 Å². The molecule has 0 N–H and O–H groups in total. The summed E-state index contributed by atoms with van der Waals surface area (Å²) < 4.78 is 0. The Morgan fingerprint density at radius 2 is 0.600 bits per heavy atom. The molecule has 0 fully saturated rings. The topological polar surface area (TPSA) is 64.5 Å². The first-order valence-corrected chi connectivity index (χ1v) is 27.1. The van der Waals surface area contributed by atoms with Crippen LogP contribution in [0, 0.1) is 30.3 Å². The standard InChI is InChI=1S/C21H20N.2C17H12N.2C11H8N.3Ir/c1-21(2,3)19-12-13-22-20(15-19)18-11-7-10-17(14-18)16-8-5-4-6-9-16;1-2-7-14(8-3-1)15-9-6-10-16(13-15)17-11-4-5-12-18-17;1-2-6-14(7-3-1)15-9-11-16(12-10-15)17-8-4-5-13-18-17;2*1-2-6-10(7-3-1)11-8-4-5-9-12-11;;;/h4-10,12-15H,1-3H3;1-9,11-13H;1-11,13H;2*1-6,8-9H;;;/q5*-1;;;. The number of pyridine rings is 5. The smallest absolute Gasteiger partial charge is 0.0163 e. The van der Waals surface area contributed by atoms with Crippen LogP contribution in [0.5, 0.6) is 0 Å². The van der Waals surface area contributed by atoms with Gasteiger partial charge in [0.15, 0.2) is 0 Å². The van der Waals surface area contributed by atoms with Crippen molar-refractivity contribution >= 4 is 0 Å². The molecule has 0 bridgehead atoms. The Bertz CT molecular complexity index is 3640. The van der Waals surface area contributed by atoms with Gasteiger partial charge in [-0.15, -0.1) is 172 Å². The van der Waals surface area contributed by atoms with E-state index >= 15 is 0 Å². The molecule has 5 nitrogen and oxygen atoms in total. The summed E-state index contributed by atoms with van der Waals surface area (Å²) in [6.45, 7) is 6.66. The Balaban J connectivity index is 0.000000172. The maximum Gasteiger partial charge on any atom is 0.0163 e. The monoisotopic (exact) mass is 1630 g/mol. The third kappa shape index (κ3) is 20.3. The maximum absolute atomic E-state index is 4.53. The molecule has 0 aliphatic heterocycles. The number of nitrogens with zero attached hydrogens (tertiary/aromatic N) is 5. The van der Waals surface area contributed by atoms with Crippen LogP contribution in [-0.2, 0) is 65.7 Å². The fraction of sp³-hybridized carbons (Fsp3) is 0.0519. The van der Waals surface area contributed by atoms with Crippen molar-refractivity contribution in [3.63, 3.8) is 0 Å². The summed E-state index contributed by atoms with van der Waals surface area (Å²) in [5, 5.41) is 0. The van der Waals surface area contributed by atoms with Crippen molar-refractivity contribution in [2.24, 2.45) is 0 Å². The molecular weight excluding hydrogens is 1570 g/mol. The van der Waals surface area contributed by atoms with Crippen molar-refractivity contribution < 1.29 is 60.3 Å². The van der Waals surface area contributed by atoms with Gasteiger partial charge in [-0.2, -0.15) is 0 Å². The van der Waals surface area contributed by atoms with E-state index in [-0.39, 0.29) is 65.7 Å². The van der Waals surface area contributed by atoms with Crippen LogP contribution in [0.25, 0.3) is 89.7 Å². The van der Waals surface area contributed by atoms with Gasteiger partial charge in [0.2, 0.25) is 0 Å². The largest absolute Gasteiger partial charge is 0.305 e. The van der Waals surface area contributed by atoms with Crippen LogP contribution in [-0.4, -0.2) is 24.9 Å². The van der Waals surface area contributed by atoms with Crippen molar-refractivity contribution in [1.29, 1.82) is 0 Å². The molecule has 85 heavy (non-hydrogen) atoms. The van der Waals surface area contributed by atoms with Gasteiger partial charge in [-0.25, -0.2) is 0 Å². The van der Waals surface area contributed by atoms with E-state index in [1.54, 1.807) is 24.8 Å². The minimum Gasteiger partial charge on any atom is -0.305 e. The summed E-state index contributed by atoms with van der Waals surface area (Å²) in [7, 11) is 0. The average Bonchev–Trinajstić information content (AvgIpc) is 3.62. The van der Waals surface area contributed by atoms with Gasteiger partial charge in [0.05, 0.1) is 0 Å². The first-order chi connectivity index (χ1) is 40.3.